The summed E-state index contributed by atoms with van der Waals surface area (Å²) in [5, 5.41) is 110. The van der Waals surface area contributed by atoms with Crippen LogP contribution in [0.25, 0.3) is 0 Å². The predicted octanol–water partition coefficient (Wildman–Crippen LogP) is 4.36. The summed E-state index contributed by atoms with van der Waals surface area (Å²) in [6.45, 7) is 7.23. The highest BCUT2D eigenvalue weighted by Crippen LogP contribution is 2.17. The number of benzene rings is 3. The van der Waals surface area contributed by atoms with Gasteiger partial charge < -0.3 is 76.0 Å². The van der Waals surface area contributed by atoms with Crippen molar-refractivity contribution in [2.75, 3.05) is 0 Å². The molecular formula is C64H80O36. The molecule has 0 aromatic heterocycles. The molecule has 0 fully saturated rings. The van der Waals surface area contributed by atoms with Gasteiger partial charge in [0.1, 0.15) is 29.1 Å². The van der Waals surface area contributed by atoms with Crippen molar-refractivity contribution in [3.63, 3.8) is 0 Å². The highest BCUT2D eigenvalue weighted by molar-refractivity contribution is 5.99. The molecule has 100 heavy (non-hydrogen) atoms. The van der Waals surface area contributed by atoms with Gasteiger partial charge >= 0.3 is 90.3 Å². The number of hydrogen-bond donors (Lipinski definition) is 13. The number of carboxylic acid groups (broad SMARTS) is 11. The summed E-state index contributed by atoms with van der Waals surface area (Å²) in [6, 6.07) is 30.6. The van der Waals surface area contributed by atoms with Gasteiger partial charge in [0.15, 0.2) is 11.7 Å². The first-order chi connectivity index (χ1) is 46.5. The Hall–Kier alpha value is -12.3. The van der Waals surface area contributed by atoms with E-state index in [1.54, 1.807) is 37.3 Å². The Labute approximate surface area is 569 Å². The van der Waals surface area contributed by atoms with Crippen LogP contribution in [0.4, 0.5) is 0 Å². The highest BCUT2D eigenvalue weighted by Gasteiger charge is 2.39. The van der Waals surface area contributed by atoms with Crippen molar-refractivity contribution < 1.29 is 177 Å². The Morgan fingerprint density at radius 2 is 0.770 bits per heavy atom. The second kappa shape index (κ2) is 72.5. The lowest BCUT2D eigenvalue weighted by Crippen LogP contribution is -2.42. The third-order valence-corrected chi connectivity index (χ3v) is 10.3. The molecule has 3 aromatic carbocycles. The minimum atomic E-state index is -2.49. The summed E-state index contributed by atoms with van der Waals surface area (Å²) in [4.78, 5) is 219. The number of aliphatic hydroxyl groups is 2. The molecule has 0 heterocycles. The molecule has 3 rings (SSSR count). The number of carbonyl (C=O) groups excluding carboxylic acids is 12. The van der Waals surface area contributed by atoms with E-state index < -0.39 is 126 Å². The number of Topliss-reactive ketones (excluding diaryl/α,β-unsaturated/α-hetero) is 4. The van der Waals surface area contributed by atoms with E-state index in [1.165, 1.54) is 38.7 Å². The van der Waals surface area contributed by atoms with Crippen molar-refractivity contribution in [2.45, 2.75) is 149 Å². The Morgan fingerprint density at radius 3 is 1.00 bits per heavy atom. The van der Waals surface area contributed by atoms with Crippen LogP contribution >= 0.6 is 0 Å². The molecule has 0 aliphatic carbocycles. The maximum absolute atomic E-state index is 10.7. The first-order valence-corrected chi connectivity index (χ1v) is 28.1. The largest absolute Gasteiger partial charge is 0.481 e. The monoisotopic (exact) mass is 1420 g/mol. The molecule has 3 aromatic rings. The minimum Gasteiger partial charge on any atom is -0.481 e. The number of rotatable bonds is 31. The van der Waals surface area contributed by atoms with Crippen LogP contribution in [0.2, 0.25) is 0 Å². The van der Waals surface area contributed by atoms with Crippen LogP contribution in [0.15, 0.2) is 109 Å². The molecule has 0 bridgehead atoms. The molecule has 552 valence electrons. The first-order valence-electron chi connectivity index (χ1n) is 28.1. The topological polar surface area (TPSA) is 656 Å². The van der Waals surface area contributed by atoms with E-state index in [4.69, 9.17) is 99.6 Å². The van der Waals surface area contributed by atoms with Gasteiger partial charge in [-0.3, -0.25) is 38.4 Å². The van der Waals surface area contributed by atoms with Crippen LogP contribution < -0.4 is 0 Å². The van der Waals surface area contributed by atoms with Gasteiger partial charge in [0.05, 0.1) is 36.3 Å². The molecule has 36 nitrogen and oxygen atoms in total. The normalized spacial score (nSPS) is 10.4. The SMILES string of the molecule is CC(=O)C/C(=C/C(=O)O)C(=O)O.CC(=O)CC(CC(=O)O)C(=O)O.CC(=O)CC(O)(CC(=O)O)C(=O)O.CC(=O)CCCCCCCCCCC(=O)O.Cc1ccccc1.O=C(O)CC(C(=O)O)C(O)C(=O)O.O=C(O)c1ccccc1.O=C=O.O=C=O.O=C=O.O=C=O.c1ccccc1. The van der Waals surface area contributed by atoms with E-state index in [0.29, 0.717) is 18.1 Å². The van der Waals surface area contributed by atoms with E-state index in [1.807, 2.05) is 54.6 Å². The third kappa shape index (κ3) is 89.9. The highest BCUT2D eigenvalue weighted by atomic mass is 16.4. The number of aliphatic carboxylic acids is 10. The van der Waals surface area contributed by atoms with Gasteiger partial charge in [-0.25, -0.2) is 24.0 Å². The number of unbranched alkanes of at least 4 members (excludes halogenated alkanes) is 7. The molecule has 36 heteroatoms. The minimum absolute atomic E-state index is 0.221. The van der Waals surface area contributed by atoms with Crippen molar-refractivity contribution >= 4 is 113 Å². The fraction of sp³-hybridized carbons (Fsp3) is 0.391. The van der Waals surface area contributed by atoms with Gasteiger partial charge in [0, 0.05) is 38.2 Å². The van der Waals surface area contributed by atoms with Crippen molar-refractivity contribution in [1.29, 1.82) is 0 Å². The summed E-state index contributed by atoms with van der Waals surface area (Å²) in [7, 11) is 0. The van der Waals surface area contributed by atoms with Gasteiger partial charge in [-0.05, 0) is 59.6 Å². The molecule has 13 N–H and O–H groups in total. The lowest BCUT2D eigenvalue weighted by molar-refractivity contribution is -0.193. The number of hydrogen-bond acceptors (Lipinski definition) is 25. The number of ketones is 4. The van der Waals surface area contributed by atoms with Gasteiger partial charge in [0.2, 0.25) is 0 Å². The first kappa shape index (κ1) is 106. The van der Waals surface area contributed by atoms with Crippen LogP contribution in [-0.2, 0) is 105 Å². The van der Waals surface area contributed by atoms with E-state index >= 15 is 0 Å². The van der Waals surface area contributed by atoms with Crippen molar-refractivity contribution in [3.05, 3.63) is 120 Å². The number of carboxylic acids is 11. The summed E-state index contributed by atoms with van der Waals surface area (Å²) >= 11 is 0. The van der Waals surface area contributed by atoms with Crippen molar-refractivity contribution in [2.24, 2.45) is 11.8 Å². The zero-order chi connectivity index (χ0) is 79.8. The number of carbonyl (C=O) groups is 15. The predicted molar refractivity (Wildman–Crippen MR) is 330 cm³/mol. The van der Waals surface area contributed by atoms with Crippen molar-refractivity contribution in [3.8, 4) is 0 Å². The fourth-order valence-corrected chi connectivity index (χ4v) is 6.19. The fourth-order valence-electron chi connectivity index (χ4n) is 6.19. The number of aryl methyl sites for hydroxylation is 1. The van der Waals surface area contributed by atoms with Crippen LogP contribution in [0, 0.1) is 18.8 Å². The molecule has 4 unspecified atom stereocenters. The summed E-state index contributed by atoms with van der Waals surface area (Å²) < 4.78 is 0. The molecule has 0 spiro atoms. The van der Waals surface area contributed by atoms with Gasteiger partial charge in [-0.1, -0.05) is 129 Å². The molecule has 0 saturated heterocycles. The Balaban J connectivity index is -0.000000133. The second-order valence-electron chi connectivity index (χ2n) is 19.1. The standard InChI is InChI=1S/C13H24O3.C7H10O6.C7H10O5.C7H8O5.C7H6O2.C7H8.C6H8O7.C6H6.4CO2/c1-12(14)10-8-6-4-2-3-5-7-9-11-13(15)16;1-4(8)2-7(13,6(11)12)3-5(9)10;2*1-4(8)2-5(7(11)12)3-6(9)10;8-7(9)6-4-2-1-3-5-6;1-7-5-3-2-4-6-7;7-3(8)1-2(5(10)11)4(9)6(12)13;1-2-4-6-5-3-1;4*2-1-3/h2-11H2,1H3,(H,15,16);13H,2-3H2,1H3,(H,9,10)(H,11,12);5H,2-3H2,1H3,(H,9,10)(H,11,12);3H,2H2,1H3,(H,9,10)(H,11,12);1-5H,(H,8,9);2-6H,1H3;2,4,9H,1H2,(H,7,8)(H,10,11)(H,12,13);1-6H;;;;/b;;;5-3-;;;;;;;;. The van der Waals surface area contributed by atoms with Gasteiger partial charge in [-0.2, -0.15) is 38.4 Å². The zero-order valence-corrected chi connectivity index (χ0v) is 54.6. The number of aliphatic hydroxyl groups excluding tert-OH is 1. The van der Waals surface area contributed by atoms with E-state index in [9.17, 15) is 77.0 Å². The molecule has 0 aliphatic rings. The maximum Gasteiger partial charge on any atom is 0.373 e. The molecule has 0 aliphatic heterocycles. The quantitative estimate of drug-likeness (QED) is 0.0314. The lowest BCUT2D eigenvalue weighted by atomic mass is 9.94. The zero-order valence-electron chi connectivity index (χ0n) is 54.6. The van der Waals surface area contributed by atoms with Crippen LogP contribution in [0.5, 0.6) is 0 Å². The van der Waals surface area contributed by atoms with Crippen LogP contribution in [-0.4, -0.2) is 191 Å². The Bertz CT molecular complexity index is 2950. The lowest BCUT2D eigenvalue weighted by Gasteiger charge is -2.19. The Kier molecular flexibility index (Phi) is 77.2. The van der Waals surface area contributed by atoms with Gasteiger partial charge in [-0.15, -0.1) is 0 Å². The second-order valence-corrected chi connectivity index (χ2v) is 19.1. The smallest absolute Gasteiger partial charge is 0.373 e. The third-order valence-electron chi connectivity index (χ3n) is 10.3. The van der Waals surface area contributed by atoms with Gasteiger partial charge in [0.25, 0.3) is 0 Å². The summed E-state index contributed by atoms with van der Waals surface area (Å²) in [5.41, 5.74) is -1.24. The van der Waals surface area contributed by atoms with E-state index in [-0.39, 0.29) is 54.8 Å². The molecule has 0 amide bonds. The van der Waals surface area contributed by atoms with E-state index in [2.05, 4.69) is 19.1 Å². The molecule has 0 radical (unpaired) electrons. The van der Waals surface area contributed by atoms with Crippen molar-refractivity contribution in [1.82, 2.24) is 0 Å². The summed E-state index contributed by atoms with van der Waals surface area (Å²) in [6.07, 6.45) is 5.39. The van der Waals surface area contributed by atoms with Crippen LogP contribution in [0.1, 0.15) is 146 Å². The molecule has 4 atom stereocenters. The molecule has 0 saturated carbocycles. The molecular weight excluding hydrogens is 1340 g/mol. The maximum atomic E-state index is 10.7. The average Bonchev–Trinajstić information content (AvgIpc) is 0.862. The van der Waals surface area contributed by atoms with E-state index in [0.717, 1.165) is 45.4 Å². The average molecular weight is 1430 g/mol. The number of aromatic carboxylic acids is 1. The summed E-state index contributed by atoms with van der Waals surface area (Å²) in [5.74, 6) is -18.7. The van der Waals surface area contributed by atoms with Crippen LogP contribution in [0.3, 0.4) is 0 Å². The Morgan fingerprint density at radius 1 is 0.410 bits per heavy atom.